The number of hydrogen-bond acceptors (Lipinski definition) is 3. The van der Waals surface area contributed by atoms with E-state index >= 15 is 0 Å². The summed E-state index contributed by atoms with van der Waals surface area (Å²) < 4.78 is 0. The summed E-state index contributed by atoms with van der Waals surface area (Å²) in [5.74, 6) is 0. The second-order valence-corrected chi connectivity index (χ2v) is 8.47. The van der Waals surface area contributed by atoms with E-state index in [0.29, 0.717) is 16.7 Å². The molecule has 0 N–H and O–H groups in total. The molecule has 1 aliphatic rings. The van der Waals surface area contributed by atoms with E-state index in [9.17, 15) is 10.5 Å². The molecule has 158 valence electrons. The monoisotopic (exact) mass is 433 g/mol. The van der Waals surface area contributed by atoms with Crippen LogP contribution in [0.25, 0.3) is 21.9 Å². The zero-order valence-electron chi connectivity index (χ0n) is 18.4. The molecule has 3 nitrogen and oxygen atoms in total. The predicted octanol–water partition coefficient (Wildman–Crippen LogP) is 7.62. The van der Waals surface area contributed by atoms with E-state index in [4.69, 9.17) is 0 Å². The summed E-state index contributed by atoms with van der Waals surface area (Å²) >= 11 is 0. The van der Waals surface area contributed by atoms with Crippen molar-refractivity contribution in [1.82, 2.24) is 0 Å². The van der Waals surface area contributed by atoms with Gasteiger partial charge in [-0.3, -0.25) is 0 Å². The topological polar surface area (TPSA) is 50.8 Å². The lowest BCUT2D eigenvalue weighted by atomic mass is 9.93. The zero-order valence-corrected chi connectivity index (χ0v) is 18.4. The molecule has 0 aliphatic carbocycles. The number of para-hydroxylation sites is 2. The first-order chi connectivity index (χ1) is 16.8. The largest absolute Gasteiger partial charge is 0.310 e. The van der Waals surface area contributed by atoms with Crippen LogP contribution in [-0.4, -0.2) is 0 Å². The lowest BCUT2D eigenvalue weighted by Crippen LogP contribution is -2.18. The van der Waals surface area contributed by atoms with Crippen LogP contribution < -0.4 is 4.90 Å². The number of hydrogen-bond donors (Lipinski definition) is 0. The number of rotatable bonds is 2. The van der Waals surface area contributed by atoms with Gasteiger partial charge in [-0.15, -0.1) is 0 Å². The first-order valence-electron chi connectivity index (χ1n) is 11.2. The quantitative estimate of drug-likeness (QED) is 0.282. The van der Waals surface area contributed by atoms with E-state index in [1.54, 1.807) is 18.2 Å². The van der Waals surface area contributed by atoms with Gasteiger partial charge in [-0.2, -0.15) is 10.5 Å². The minimum atomic E-state index is 0.511. The highest BCUT2D eigenvalue weighted by Crippen LogP contribution is 2.44. The van der Waals surface area contributed by atoms with Crippen LogP contribution in [0.2, 0.25) is 0 Å². The van der Waals surface area contributed by atoms with E-state index in [1.807, 2.05) is 6.07 Å². The molecule has 0 spiro atoms. The number of anilines is 3. The number of nitriles is 2. The Balaban J connectivity index is 1.50. The van der Waals surface area contributed by atoms with Gasteiger partial charge < -0.3 is 4.90 Å². The SMILES string of the molecule is N#Cc1cccc(C#N)c1-c1ccc2cc(N3c4ccccc4Cc4ccccc43)ccc2c1. The Kier molecular flexibility index (Phi) is 4.61. The predicted molar refractivity (Wildman–Crippen MR) is 136 cm³/mol. The minimum absolute atomic E-state index is 0.511. The molecule has 0 bridgehead atoms. The summed E-state index contributed by atoms with van der Waals surface area (Å²) in [6, 6.07) is 39.5. The molecule has 0 amide bonds. The summed E-state index contributed by atoms with van der Waals surface area (Å²) in [6.07, 6.45) is 0.930. The van der Waals surface area contributed by atoms with Gasteiger partial charge >= 0.3 is 0 Å². The fourth-order valence-corrected chi connectivity index (χ4v) is 4.95. The Bertz CT molecular complexity index is 1590. The van der Waals surface area contributed by atoms with Crippen molar-refractivity contribution < 1.29 is 0 Å². The van der Waals surface area contributed by atoms with Gasteiger partial charge in [0.2, 0.25) is 0 Å². The van der Waals surface area contributed by atoms with Crippen molar-refractivity contribution >= 4 is 27.8 Å². The highest BCUT2D eigenvalue weighted by Gasteiger charge is 2.23. The third-order valence-corrected chi connectivity index (χ3v) is 6.52. The van der Waals surface area contributed by atoms with Gasteiger partial charge in [0.05, 0.1) is 23.3 Å². The Labute approximate surface area is 198 Å². The van der Waals surface area contributed by atoms with Crippen LogP contribution in [0.3, 0.4) is 0 Å². The second kappa shape index (κ2) is 7.93. The summed E-state index contributed by atoms with van der Waals surface area (Å²) in [6.45, 7) is 0. The van der Waals surface area contributed by atoms with Crippen molar-refractivity contribution in [2.45, 2.75) is 6.42 Å². The van der Waals surface area contributed by atoms with Crippen molar-refractivity contribution in [2.24, 2.45) is 0 Å². The fourth-order valence-electron chi connectivity index (χ4n) is 4.95. The lowest BCUT2D eigenvalue weighted by Gasteiger charge is -2.33. The smallest absolute Gasteiger partial charge is 0.0998 e. The van der Waals surface area contributed by atoms with Crippen LogP contribution in [-0.2, 0) is 6.42 Å². The normalized spacial score (nSPS) is 11.9. The molecule has 0 radical (unpaired) electrons. The molecular weight excluding hydrogens is 414 g/mol. The molecule has 5 aromatic carbocycles. The van der Waals surface area contributed by atoms with Crippen molar-refractivity contribution in [3.05, 3.63) is 125 Å². The molecule has 5 aromatic rings. The van der Waals surface area contributed by atoms with Gasteiger partial charge in [-0.25, -0.2) is 0 Å². The Morgan fingerprint density at radius 3 is 1.82 bits per heavy atom. The van der Waals surface area contributed by atoms with Crippen LogP contribution in [0.1, 0.15) is 22.3 Å². The molecule has 0 saturated carbocycles. The first kappa shape index (κ1) is 19.8. The Morgan fingerprint density at radius 1 is 0.588 bits per heavy atom. The van der Waals surface area contributed by atoms with Gasteiger partial charge in [0.25, 0.3) is 0 Å². The number of fused-ring (bicyclic) bond motifs is 3. The summed E-state index contributed by atoms with van der Waals surface area (Å²) in [5, 5.41) is 21.4. The van der Waals surface area contributed by atoms with Crippen molar-refractivity contribution in [3.63, 3.8) is 0 Å². The second-order valence-electron chi connectivity index (χ2n) is 8.47. The number of nitrogens with zero attached hydrogens (tertiary/aromatic N) is 3. The Hall–Kier alpha value is -4.86. The fraction of sp³-hybridized carbons (Fsp3) is 0.0323. The van der Waals surface area contributed by atoms with Crippen molar-refractivity contribution in [2.75, 3.05) is 4.90 Å². The van der Waals surface area contributed by atoms with E-state index < -0.39 is 0 Å². The van der Waals surface area contributed by atoms with E-state index in [0.717, 1.165) is 28.4 Å². The van der Waals surface area contributed by atoms with Gasteiger partial charge in [0.1, 0.15) is 0 Å². The van der Waals surface area contributed by atoms with Crippen LogP contribution in [0, 0.1) is 22.7 Å². The first-order valence-corrected chi connectivity index (χ1v) is 11.2. The van der Waals surface area contributed by atoms with Gasteiger partial charge in [-0.1, -0.05) is 60.7 Å². The van der Waals surface area contributed by atoms with Crippen LogP contribution in [0.4, 0.5) is 17.1 Å². The Morgan fingerprint density at radius 2 is 1.18 bits per heavy atom. The summed E-state index contributed by atoms with van der Waals surface area (Å²) in [5.41, 5.74) is 8.74. The van der Waals surface area contributed by atoms with Crippen LogP contribution in [0.15, 0.2) is 103 Å². The maximum absolute atomic E-state index is 9.59. The minimum Gasteiger partial charge on any atom is -0.310 e. The van der Waals surface area contributed by atoms with Gasteiger partial charge in [0, 0.05) is 29.0 Å². The summed E-state index contributed by atoms with van der Waals surface area (Å²) in [4.78, 5) is 2.33. The third kappa shape index (κ3) is 3.12. The average molecular weight is 434 g/mol. The van der Waals surface area contributed by atoms with E-state index in [-0.39, 0.29) is 0 Å². The zero-order chi connectivity index (χ0) is 23.1. The average Bonchev–Trinajstić information content (AvgIpc) is 2.90. The van der Waals surface area contributed by atoms with E-state index in [2.05, 4.69) is 95.9 Å². The molecule has 6 rings (SSSR count). The molecule has 0 atom stereocenters. The molecule has 3 heteroatoms. The molecule has 0 aromatic heterocycles. The maximum atomic E-state index is 9.59. The molecule has 1 heterocycles. The highest BCUT2D eigenvalue weighted by molar-refractivity contribution is 5.94. The van der Waals surface area contributed by atoms with Crippen molar-refractivity contribution in [3.8, 4) is 23.3 Å². The van der Waals surface area contributed by atoms with Crippen LogP contribution >= 0.6 is 0 Å². The highest BCUT2D eigenvalue weighted by atomic mass is 15.2. The van der Waals surface area contributed by atoms with Gasteiger partial charge in [0.15, 0.2) is 0 Å². The molecular formula is C31H19N3. The number of benzene rings is 5. The van der Waals surface area contributed by atoms with E-state index in [1.165, 1.54) is 22.5 Å². The van der Waals surface area contributed by atoms with Crippen molar-refractivity contribution in [1.29, 1.82) is 10.5 Å². The third-order valence-electron chi connectivity index (χ3n) is 6.52. The molecule has 1 aliphatic heterocycles. The molecule has 34 heavy (non-hydrogen) atoms. The molecule has 0 saturated heterocycles. The summed E-state index contributed by atoms with van der Waals surface area (Å²) in [7, 11) is 0. The standard InChI is InChI=1S/C31H19N3/c32-19-26-8-5-9-27(20-33)31(26)25-13-12-22-18-28(15-14-21(22)16-25)34-29-10-3-1-6-23(29)17-24-7-2-4-11-30(24)34/h1-16,18H,17H2. The van der Waals surface area contributed by atoms with Crippen LogP contribution in [0.5, 0.6) is 0 Å². The molecule has 0 fully saturated rings. The maximum Gasteiger partial charge on any atom is 0.0998 e. The van der Waals surface area contributed by atoms with Gasteiger partial charge in [-0.05, 0) is 69.9 Å². The molecule has 0 unspecified atom stereocenters. The lowest BCUT2D eigenvalue weighted by molar-refractivity contribution is 1.09.